The third-order valence-electron chi connectivity index (χ3n) is 23.9. The second-order valence-corrected chi connectivity index (χ2v) is 34.2. The van der Waals surface area contributed by atoms with Gasteiger partial charge in [0, 0.05) is 104 Å². The molecule has 22 N–H and O–H groups in total. The average molecular weight is 1800 g/mol. The number of nitrogens with two attached hydrogens (primary N) is 5. The van der Waals surface area contributed by atoms with Gasteiger partial charge in [-0.2, -0.15) is 5.26 Å². The maximum absolute atomic E-state index is 12.5. The number of carbonyl (C=O) groups is 5. The molecule has 3 aliphatic carbocycles. The van der Waals surface area contributed by atoms with Crippen molar-refractivity contribution in [2.75, 3.05) is 81.7 Å². The zero-order valence-electron chi connectivity index (χ0n) is 75.1. The van der Waals surface area contributed by atoms with Crippen molar-refractivity contribution in [2.45, 2.75) is 111 Å². The highest BCUT2D eigenvalue weighted by atomic mass is 16.5. The quantitative estimate of drug-likeness (QED) is 0.0379. The van der Waals surface area contributed by atoms with Crippen LogP contribution in [0.3, 0.4) is 0 Å². The molecule has 4 fully saturated rings. The summed E-state index contributed by atoms with van der Waals surface area (Å²) >= 11 is 0. The van der Waals surface area contributed by atoms with Crippen LogP contribution >= 0.6 is 0 Å². The van der Waals surface area contributed by atoms with Crippen molar-refractivity contribution in [1.82, 2.24) is 70.8 Å². The number of aromatic nitrogens is 11. The predicted molar refractivity (Wildman–Crippen MR) is 523 cm³/mol. The van der Waals surface area contributed by atoms with Crippen molar-refractivity contribution < 1.29 is 44.0 Å². The van der Waals surface area contributed by atoms with Crippen LogP contribution in [0.25, 0.3) is 110 Å². The van der Waals surface area contributed by atoms with Gasteiger partial charge in [0.2, 0.25) is 11.8 Å². The molecule has 0 spiro atoms. The zero-order chi connectivity index (χ0) is 94.7. The van der Waals surface area contributed by atoms with Crippen LogP contribution in [0.15, 0.2) is 201 Å². The Balaban J connectivity index is 0.000000128. The Hall–Kier alpha value is -16.0. The molecule has 1 aliphatic heterocycles. The maximum Gasteiger partial charge on any atom is 0.320 e. The Morgan fingerprint density at radius 2 is 0.776 bits per heavy atom. The standard InChI is InChI=1S/C21H23N5O2.C21H20N4O2.C20H20N6O.2C19H21N5O2/c1-12-5-2-3-6-14(12)17-9-13-10-19(23-11-15(13)20(22)24-17)26-21(28)25-16-7-4-8-18(16)27;1-11-4-2-3-5-13(11)17-6-12-7-18(23-8-14(12)20(22)24-17)25-21(26)19-15-9-27-10-16(15)19;1-10(2)18-13(3-4-23-18)16-6-11-7-17(24-9-15(11)19(22)25-16)26-20(27)14-5-12(14)8-21;2*1-11-5-3-4-6-14(11)16-7-13-8-17(21-9-15(13)18(20)23-16)24-19(26)22-12(2)10-25/h2-3,5-6,9-11,16,18,27H,4,7-8H2,1H3,(H2,22,24)(H2,23,25,26,28);2-8,15-16,19H,9-10H2,1H3,(H2,22,24)(H,23,25,26);3-4,6-7,9-10,12,14,23H,5H2,1-2H3,(H2,22,25)(H,24,26,27);2*3-9,12,25H,10H2,1-2H3,(H2,20,23)(H2,21,22,24,26)/t16-,18-;;12-,14?;2*12-/m0.110/s1. The van der Waals surface area contributed by atoms with E-state index in [1.807, 2.05) is 173 Å². The molecule has 684 valence electrons. The van der Waals surface area contributed by atoms with Gasteiger partial charge in [-0.25, -0.2) is 64.2 Å². The van der Waals surface area contributed by atoms with Gasteiger partial charge in [0.05, 0.1) is 97.0 Å². The minimum Gasteiger partial charge on any atom is -0.394 e. The third kappa shape index (κ3) is 21.9. The molecule has 11 aromatic heterocycles. The van der Waals surface area contributed by atoms with Crippen LogP contribution in [0.4, 0.5) is 72.6 Å². The molecule has 0 bridgehead atoms. The van der Waals surface area contributed by atoms with Crippen molar-refractivity contribution in [3.63, 3.8) is 0 Å². The Morgan fingerprint density at radius 3 is 1.09 bits per heavy atom. The monoisotopic (exact) mass is 1800 g/mol. The van der Waals surface area contributed by atoms with Crippen molar-refractivity contribution in [1.29, 1.82) is 5.26 Å². The van der Waals surface area contributed by atoms with E-state index < -0.39 is 18.2 Å². The lowest BCUT2D eigenvalue weighted by atomic mass is 10.0. The van der Waals surface area contributed by atoms with Crippen LogP contribution in [0, 0.1) is 68.6 Å². The first-order chi connectivity index (χ1) is 64.5. The number of aliphatic hydroxyl groups excluding tert-OH is 3. The first kappa shape index (κ1) is 92.7. The van der Waals surface area contributed by atoms with Crippen molar-refractivity contribution in [3.8, 4) is 62.4 Å². The lowest BCUT2D eigenvalue weighted by molar-refractivity contribution is -0.119. The summed E-state index contributed by atoms with van der Waals surface area (Å²) in [4.78, 5) is 108. The molecule has 8 amide bonds. The van der Waals surface area contributed by atoms with Crippen molar-refractivity contribution in [2.24, 2.45) is 29.6 Å². The number of ether oxygens (including phenoxy) is 1. The fraction of sp³-hybridized carbons (Fsp3) is 0.260. The lowest BCUT2D eigenvalue weighted by Crippen LogP contribution is -2.42. The lowest BCUT2D eigenvalue weighted by Gasteiger charge is -2.16. The van der Waals surface area contributed by atoms with Crippen LogP contribution in [0.5, 0.6) is 0 Å². The number of aromatic amines is 1. The van der Waals surface area contributed by atoms with E-state index in [2.05, 4.69) is 117 Å². The molecule has 1 saturated heterocycles. The fourth-order valence-electron chi connectivity index (χ4n) is 16.4. The molecule has 8 atom stereocenters. The van der Waals surface area contributed by atoms with Gasteiger partial charge in [-0.1, -0.05) is 111 Å². The minimum absolute atomic E-state index is 0.0290. The average Bonchev–Trinajstić information content (AvgIpc) is 1.59. The van der Waals surface area contributed by atoms with Gasteiger partial charge in [0.15, 0.2) is 0 Å². The number of hydrogen-bond donors (Lipinski definition) is 17. The van der Waals surface area contributed by atoms with Crippen LogP contribution in [0.1, 0.15) is 87.2 Å². The number of nitrogens with one attached hydrogen (secondary N) is 9. The van der Waals surface area contributed by atoms with Crippen molar-refractivity contribution in [3.05, 3.63) is 229 Å². The molecule has 4 aromatic carbocycles. The normalized spacial score (nSPS) is 17.0. The highest BCUT2D eigenvalue weighted by Gasteiger charge is 2.58. The van der Waals surface area contributed by atoms with Crippen LogP contribution < -0.4 is 71.2 Å². The SMILES string of the molecule is CC(C)c1[nH]ccc1-c1cc2cc(NC(=O)C3C[C@@H]3C#N)ncc2c(N)n1.Cc1ccccc1-c1cc2cc(NC(=O)C3C4COCC43)ncc2c(N)n1.Cc1ccccc1-c1cc2cc(NC(=O)N[C@@H](C)CO)ncc2c(N)n1.Cc1ccccc1-c1cc2cc(NC(=O)N[C@H](C)CO)ncc2c(N)n1.Cc1ccccc1-c1cc2cc(NC(=O)N[C@H]3CCC[C@@H]3O)ncc2c(N)n1. The number of benzene rings is 4. The molecule has 3 unspecified atom stereocenters. The molecule has 12 heterocycles. The van der Waals surface area contributed by atoms with E-state index in [0.29, 0.717) is 102 Å². The van der Waals surface area contributed by atoms with Gasteiger partial charge < -0.3 is 80.3 Å². The van der Waals surface area contributed by atoms with Crippen LogP contribution in [0.2, 0.25) is 0 Å². The number of carbonyl (C=O) groups excluding carboxylic acids is 5. The number of fused-ring (bicyclic) bond motifs is 6. The molecule has 4 aliphatic rings. The van der Waals surface area contributed by atoms with Gasteiger partial charge in [-0.05, 0) is 201 Å². The number of nitrogens with zero attached hydrogens (tertiary/aromatic N) is 11. The highest BCUT2D eigenvalue weighted by molar-refractivity contribution is 6.03. The van der Waals surface area contributed by atoms with E-state index in [9.17, 15) is 29.1 Å². The summed E-state index contributed by atoms with van der Waals surface area (Å²) in [6, 6.07) is 52.5. The molecule has 134 heavy (non-hydrogen) atoms. The van der Waals surface area contributed by atoms with E-state index >= 15 is 0 Å². The summed E-state index contributed by atoms with van der Waals surface area (Å²) in [6.45, 7) is 16.8. The number of anilines is 10. The van der Waals surface area contributed by atoms with Gasteiger partial charge in [-0.15, -0.1) is 0 Å². The molecule has 15 aromatic rings. The Morgan fingerprint density at radius 1 is 0.448 bits per heavy atom. The molecule has 0 radical (unpaired) electrons. The molecular weight excluding hydrogens is 1700 g/mol. The fourth-order valence-corrected chi connectivity index (χ4v) is 16.4. The molecule has 34 nitrogen and oxygen atoms in total. The first-order valence-electron chi connectivity index (χ1n) is 44.0. The molecular formula is C100H105N25O9. The second kappa shape index (κ2) is 41.0. The van der Waals surface area contributed by atoms with E-state index in [-0.39, 0.29) is 66.9 Å². The van der Waals surface area contributed by atoms with E-state index in [4.69, 9.17) is 48.9 Å². The van der Waals surface area contributed by atoms with Crippen LogP contribution in [-0.2, 0) is 14.3 Å². The van der Waals surface area contributed by atoms with E-state index in [1.165, 1.54) is 0 Å². The number of H-pyrrole nitrogens is 1. The van der Waals surface area contributed by atoms with E-state index in [0.717, 1.165) is 151 Å². The number of aryl methyl sites for hydroxylation is 4. The summed E-state index contributed by atoms with van der Waals surface area (Å²) in [5.41, 5.74) is 45.2. The highest BCUT2D eigenvalue weighted by Crippen LogP contribution is 2.51. The summed E-state index contributed by atoms with van der Waals surface area (Å²) in [6.07, 6.45) is 12.5. The predicted octanol–water partition coefficient (Wildman–Crippen LogP) is 15.0. The number of aliphatic hydroxyl groups is 3. The number of hydrogen-bond acceptors (Lipinski definition) is 25. The zero-order valence-corrected chi connectivity index (χ0v) is 75.1. The summed E-state index contributed by atoms with van der Waals surface area (Å²) in [5.74, 6) is 4.77. The summed E-state index contributed by atoms with van der Waals surface area (Å²) < 4.78 is 5.36. The number of rotatable bonds is 18. The Bertz CT molecular complexity index is 6840. The van der Waals surface area contributed by atoms with Crippen LogP contribution in [-0.4, -0.2) is 151 Å². The second-order valence-electron chi connectivity index (χ2n) is 34.2. The van der Waals surface area contributed by atoms with Crippen molar-refractivity contribution >= 4 is 142 Å². The summed E-state index contributed by atoms with van der Waals surface area (Å²) in [5, 5.41) is 66.5. The molecule has 3 saturated carbocycles. The van der Waals surface area contributed by atoms with Gasteiger partial charge in [0.1, 0.15) is 58.2 Å². The van der Waals surface area contributed by atoms with Gasteiger partial charge in [0.25, 0.3) is 0 Å². The minimum atomic E-state index is -0.488. The topological polar surface area (TPSA) is 550 Å². The number of urea groups is 3. The van der Waals surface area contributed by atoms with Gasteiger partial charge >= 0.3 is 18.1 Å². The first-order valence-corrected chi connectivity index (χ1v) is 44.0. The Kier molecular flexibility index (Phi) is 28.4. The van der Waals surface area contributed by atoms with E-state index in [1.54, 1.807) is 69.1 Å². The summed E-state index contributed by atoms with van der Waals surface area (Å²) in [7, 11) is 0. The third-order valence-corrected chi connectivity index (χ3v) is 23.9. The smallest absolute Gasteiger partial charge is 0.320 e. The molecule has 34 heteroatoms. The Labute approximate surface area is 771 Å². The number of amides is 8. The molecule has 19 rings (SSSR count). The largest absolute Gasteiger partial charge is 0.394 e. The maximum atomic E-state index is 12.5. The number of nitriles is 1. The number of pyridine rings is 10. The number of nitrogen functional groups attached to an aromatic ring is 5. The van der Waals surface area contributed by atoms with Gasteiger partial charge in [-0.3, -0.25) is 25.5 Å².